The standard InChI is InChI=1S/C28H31N3O4S/c32-25(31-35)17-10-18-36-20-24(27(33)29-19-21-11-4-1-5-12-21)30-28(34)26(22-13-6-2-7-14-22)23-15-8-3-9-16-23/h1-9,11-16,24,26,35H,10,17-20H2,(H,29,33)(H,30,34)(H,31,32)/t24-/m0/s1. The number of rotatable bonds is 13. The molecule has 0 saturated carbocycles. The summed E-state index contributed by atoms with van der Waals surface area (Å²) in [6, 6.07) is 27.8. The smallest absolute Gasteiger partial charge is 0.243 e. The van der Waals surface area contributed by atoms with E-state index in [0.717, 1.165) is 16.7 Å². The first-order valence-corrected chi connectivity index (χ1v) is 13.0. The van der Waals surface area contributed by atoms with Gasteiger partial charge in [-0.15, -0.1) is 0 Å². The number of nitrogens with one attached hydrogen (secondary N) is 3. The highest BCUT2D eigenvalue weighted by molar-refractivity contribution is 7.99. The average molecular weight is 506 g/mol. The molecule has 0 aliphatic carbocycles. The minimum atomic E-state index is -0.757. The van der Waals surface area contributed by atoms with Crippen LogP contribution in [0.4, 0.5) is 0 Å². The lowest BCUT2D eigenvalue weighted by atomic mass is 9.90. The van der Waals surface area contributed by atoms with E-state index in [4.69, 9.17) is 5.21 Å². The van der Waals surface area contributed by atoms with Crippen LogP contribution in [-0.4, -0.2) is 40.5 Å². The summed E-state index contributed by atoms with van der Waals surface area (Å²) in [6.07, 6.45) is 0.727. The van der Waals surface area contributed by atoms with Crippen LogP contribution in [0, 0.1) is 0 Å². The summed E-state index contributed by atoms with van der Waals surface area (Å²) in [7, 11) is 0. The maximum Gasteiger partial charge on any atom is 0.243 e. The normalized spacial score (nSPS) is 11.5. The van der Waals surface area contributed by atoms with E-state index >= 15 is 0 Å². The van der Waals surface area contributed by atoms with Gasteiger partial charge in [-0.1, -0.05) is 91.0 Å². The van der Waals surface area contributed by atoms with Crippen LogP contribution in [0.5, 0.6) is 0 Å². The Morgan fingerprint density at radius 2 is 1.33 bits per heavy atom. The molecule has 0 aliphatic heterocycles. The summed E-state index contributed by atoms with van der Waals surface area (Å²) in [5, 5.41) is 14.5. The first kappa shape index (κ1) is 27.0. The van der Waals surface area contributed by atoms with Crippen LogP contribution in [-0.2, 0) is 20.9 Å². The Morgan fingerprint density at radius 3 is 1.89 bits per heavy atom. The number of carbonyl (C=O) groups is 3. The molecule has 0 aromatic heterocycles. The fraction of sp³-hybridized carbons (Fsp3) is 0.250. The van der Waals surface area contributed by atoms with Crippen LogP contribution in [0.2, 0.25) is 0 Å². The molecule has 36 heavy (non-hydrogen) atoms. The van der Waals surface area contributed by atoms with Gasteiger partial charge in [0.15, 0.2) is 0 Å². The lowest BCUT2D eigenvalue weighted by Crippen LogP contribution is -2.49. The zero-order chi connectivity index (χ0) is 25.6. The fourth-order valence-corrected chi connectivity index (χ4v) is 4.71. The topological polar surface area (TPSA) is 108 Å². The van der Waals surface area contributed by atoms with Crippen molar-refractivity contribution in [3.05, 3.63) is 108 Å². The van der Waals surface area contributed by atoms with Crippen molar-refractivity contribution in [1.82, 2.24) is 16.1 Å². The molecule has 7 nitrogen and oxygen atoms in total. The van der Waals surface area contributed by atoms with E-state index in [1.807, 2.05) is 91.0 Å². The van der Waals surface area contributed by atoms with Gasteiger partial charge in [0.1, 0.15) is 6.04 Å². The molecule has 0 aliphatic rings. The van der Waals surface area contributed by atoms with E-state index in [1.54, 1.807) is 5.48 Å². The zero-order valence-corrected chi connectivity index (χ0v) is 20.7. The SMILES string of the molecule is O=C(CCCSC[C@H](NC(=O)C(c1ccccc1)c1ccccc1)C(=O)NCc1ccccc1)NO. The monoisotopic (exact) mass is 505 g/mol. The van der Waals surface area contributed by atoms with Gasteiger partial charge in [0.25, 0.3) is 0 Å². The first-order valence-electron chi connectivity index (χ1n) is 11.8. The van der Waals surface area contributed by atoms with E-state index < -0.39 is 17.9 Å². The van der Waals surface area contributed by atoms with Gasteiger partial charge < -0.3 is 10.6 Å². The van der Waals surface area contributed by atoms with Crippen LogP contribution < -0.4 is 16.1 Å². The van der Waals surface area contributed by atoms with E-state index in [-0.39, 0.29) is 18.2 Å². The second-order valence-corrected chi connectivity index (χ2v) is 9.38. The molecule has 3 aromatic carbocycles. The summed E-state index contributed by atoms with van der Waals surface area (Å²) in [6.45, 7) is 0.355. The second kappa shape index (κ2) is 14.7. The molecular formula is C28H31N3O4S. The third-order valence-electron chi connectivity index (χ3n) is 5.57. The molecular weight excluding hydrogens is 474 g/mol. The molecule has 0 radical (unpaired) electrons. The van der Waals surface area contributed by atoms with Crippen LogP contribution in [0.3, 0.4) is 0 Å². The molecule has 0 unspecified atom stereocenters. The number of hydrogen-bond donors (Lipinski definition) is 4. The van der Waals surface area contributed by atoms with E-state index in [1.165, 1.54) is 11.8 Å². The first-order chi connectivity index (χ1) is 17.6. The average Bonchev–Trinajstić information content (AvgIpc) is 2.92. The molecule has 0 fully saturated rings. The quantitative estimate of drug-likeness (QED) is 0.161. The Morgan fingerprint density at radius 1 is 0.778 bits per heavy atom. The van der Waals surface area contributed by atoms with Gasteiger partial charge in [0, 0.05) is 18.7 Å². The highest BCUT2D eigenvalue weighted by atomic mass is 32.2. The highest BCUT2D eigenvalue weighted by Crippen LogP contribution is 2.25. The molecule has 3 rings (SSSR count). The second-order valence-electron chi connectivity index (χ2n) is 8.23. The molecule has 0 saturated heterocycles. The van der Waals surface area contributed by atoms with Crippen LogP contribution >= 0.6 is 11.8 Å². The van der Waals surface area contributed by atoms with Gasteiger partial charge in [-0.05, 0) is 28.9 Å². The third kappa shape index (κ3) is 8.55. The number of amides is 3. The van der Waals surface area contributed by atoms with Gasteiger partial charge in [-0.25, -0.2) is 5.48 Å². The molecule has 3 aromatic rings. The predicted molar refractivity (Wildman–Crippen MR) is 141 cm³/mol. The summed E-state index contributed by atoms with van der Waals surface area (Å²) in [5.41, 5.74) is 4.26. The molecule has 4 N–H and O–H groups in total. The summed E-state index contributed by atoms with van der Waals surface area (Å²) < 4.78 is 0. The molecule has 0 spiro atoms. The minimum absolute atomic E-state index is 0.185. The number of benzene rings is 3. The molecule has 0 bridgehead atoms. The van der Waals surface area contributed by atoms with Crippen molar-refractivity contribution < 1.29 is 19.6 Å². The van der Waals surface area contributed by atoms with Crippen molar-refractivity contribution in [2.45, 2.75) is 31.3 Å². The molecule has 3 amide bonds. The third-order valence-corrected chi connectivity index (χ3v) is 6.72. The van der Waals surface area contributed by atoms with Crippen molar-refractivity contribution >= 4 is 29.5 Å². The highest BCUT2D eigenvalue weighted by Gasteiger charge is 2.27. The Labute approximate surface area is 215 Å². The van der Waals surface area contributed by atoms with Crippen molar-refractivity contribution in [3.8, 4) is 0 Å². The predicted octanol–water partition coefficient (Wildman–Crippen LogP) is 3.64. The molecule has 188 valence electrons. The lowest BCUT2D eigenvalue weighted by Gasteiger charge is -2.23. The van der Waals surface area contributed by atoms with Crippen LogP contribution in [0.1, 0.15) is 35.4 Å². The Balaban J connectivity index is 1.71. The number of hydrogen-bond acceptors (Lipinski definition) is 5. The van der Waals surface area contributed by atoms with Gasteiger partial charge in [-0.3, -0.25) is 19.6 Å². The number of thioether (sulfide) groups is 1. The minimum Gasteiger partial charge on any atom is -0.350 e. The lowest BCUT2D eigenvalue weighted by molar-refractivity contribution is -0.129. The van der Waals surface area contributed by atoms with Gasteiger partial charge in [0.05, 0.1) is 5.92 Å². The van der Waals surface area contributed by atoms with Crippen LogP contribution in [0.25, 0.3) is 0 Å². The maximum atomic E-state index is 13.6. The summed E-state index contributed by atoms with van der Waals surface area (Å²) in [4.78, 5) is 37.9. The maximum absolute atomic E-state index is 13.6. The number of carbonyl (C=O) groups excluding carboxylic acids is 3. The van der Waals surface area contributed by atoms with E-state index in [2.05, 4.69) is 10.6 Å². The summed E-state index contributed by atoms with van der Waals surface area (Å²) >= 11 is 1.47. The largest absolute Gasteiger partial charge is 0.350 e. The van der Waals surface area contributed by atoms with Gasteiger partial charge in [-0.2, -0.15) is 11.8 Å². The van der Waals surface area contributed by atoms with Crippen LogP contribution in [0.15, 0.2) is 91.0 Å². The summed E-state index contributed by atoms with van der Waals surface area (Å²) in [5.74, 6) is -0.583. The Bertz CT molecular complexity index is 1060. The van der Waals surface area contributed by atoms with Crippen molar-refractivity contribution in [3.63, 3.8) is 0 Å². The Kier molecular flexibility index (Phi) is 11.0. The molecule has 0 heterocycles. The zero-order valence-electron chi connectivity index (χ0n) is 19.9. The van der Waals surface area contributed by atoms with Gasteiger partial charge in [0.2, 0.25) is 17.7 Å². The van der Waals surface area contributed by atoms with Crippen molar-refractivity contribution in [2.24, 2.45) is 0 Å². The Hall–Kier alpha value is -3.62. The molecule has 1 atom stereocenters. The molecule has 8 heteroatoms. The van der Waals surface area contributed by atoms with Crippen molar-refractivity contribution in [1.29, 1.82) is 0 Å². The fourth-order valence-electron chi connectivity index (χ4n) is 3.72. The van der Waals surface area contributed by atoms with Crippen molar-refractivity contribution in [2.75, 3.05) is 11.5 Å². The van der Waals surface area contributed by atoms with Gasteiger partial charge >= 0.3 is 0 Å². The van der Waals surface area contributed by atoms with E-state index in [9.17, 15) is 14.4 Å². The van der Waals surface area contributed by atoms with E-state index in [0.29, 0.717) is 24.5 Å². The number of hydroxylamine groups is 1.